The number of methoxy groups -OCH3 is 1. The molecule has 0 fully saturated rings. The van der Waals surface area contributed by atoms with E-state index in [1.54, 1.807) is 12.1 Å². The molecule has 0 saturated heterocycles. The zero-order chi connectivity index (χ0) is 26.4. The second kappa shape index (κ2) is 12.0. The fraction of sp³-hybridized carbons (Fsp3) is 0.417. The Kier molecular flexibility index (Phi) is 9.08. The van der Waals surface area contributed by atoms with Crippen molar-refractivity contribution in [1.29, 1.82) is 0 Å². The standard InChI is InChI=1S/C24H30ClN5O6/c1-13(2)30(4)20-9-16(6-14(3)27-20)24-28-23(29-36-24)15-7-18(25)22(19(8-15)34-5)35-12-17(32)10-26-21(33)11-31/h6-9,13,17,31-32H,10-12H2,1-5H3,(H,26,33)/t17-/m1/s1. The third kappa shape index (κ3) is 6.62. The second-order valence-corrected chi connectivity index (χ2v) is 8.81. The first-order chi connectivity index (χ1) is 17.1. The first kappa shape index (κ1) is 27.2. The maximum Gasteiger partial charge on any atom is 0.258 e. The quantitative estimate of drug-likeness (QED) is 0.345. The minimum Gasteiger partial charge on any atom is -0.493 e. The van der Waals surface area contributed by atoms with Crippen LogP contribution in [0, 0.1) is 6.92 Å². The monoisotopic (exact) mass is 519 g/mol. The van der Waals surface area contributed by atoms with Gasteiger partial charge >= 0.3 is 0 Å². The first-order valence-electron chi connectivity index (χ1n) is 11.2. The van der Waals surface area contributed by atoms with Crippen molar-refractivity contribution in [2.45, 2.75) is 32.9 Å². The number of carbonyl (C=O) groups excluding carboxylic acids is 1. The molecule has 12 heteroatoms. The topological polar surface area (TPSA) is 143 Å². The predicted octanol–water partition coefficient (Wildman–Crippen LogP) is 2.46. The Hall–Kier alpha value is -3.41. The highest BCUT2D eigenvalue weighted by Gasteiger charge is 2.19. The van der Waals surface area contributed by atoms with E-state index in [2.05, 4.69) is 39.2 Å². The van der Waals surface area contributed by atoms with E-state index in [-0.39, 0.29) is 30.0 Å². The number of amides is 1. The molecule has 0 radical (unpaired) electrons. The average Bonchev–Trinajstić information content (AvgIpc) is 3.35. The molecule has 3 N–H and O–H groups in total. The highest BCUT2D eigenvalue weighted by atomic mass is 35.5. The molecule has 36 heavy (non-hydrogen) atoms. The summed E-state index contributed by atoms with van der Waals surface area (Å²) in [6.07, 6.45) is -1.02. The van der Waals surface area contributed by atoms with Crippen molar-refractivity contribution in [1.82, 2.24) is 20.4 Å². The number of aliphatic hydroxyl groups excluding tert-OH is 2. The SMILES string of the molecule is COc1cc(-c2noc(-c3cc(C)nc(N(C)C(C)C)c3)n2)cc(Cl)c1OC[C@H](O)CNC(=O)CO. The number of hydrogen-bond donors (Lipinski definition) is 3. The van der Waals surface area contributed by atoms with E-state index >= 15 is 0 Å². The Labute approximate surface area is 214 Å². The molecule has 0 aliphatic carbocycles. The Morgan fingerprint density at radius 2 is 1.97 bits per heavy atom. The molecule has 0 aliphatic rings. The maximum atomic E-state index is 11.1. The summed E-state index contributed by atoms with van der Waals surface area (Å²) in [6, 6.07) is 7.27. The van der Waals surface area contributed by atoms with Gasteiger partial charge < -0.3 is 34.4 Å². The van der Waals surface area contributed by atoms with Crippen molar-refractivity contribution < 1.29 is 29.0 Å². The number of halogens is 1. The average molecular weight is 520 g/mol. The smallest absolute Gasteiger partial charge is 0.258 e. The van der Waals surface area contributed by atoms with Gasteiger partial charge in [-0.1, -0.05) is 16.8 Å². The molecule has 0 saturated carbocycles. The number of rotatable bonds is 11. The molecular weight excluding hydrogens is 490 g/mol. The lowest BCUT2D eigenvalue weighted by Gasteiger charge is -2.23. The van der Waals surface area contributed by atoms with Crippen molar-refractivity contribution >= 4 is 23.3 Å². The molecule has 0 unspecified atom stereocenters. The number of benzene rings is 1. The summed E-state index contributed by atoms with van der Waals surface area (Å²) in [7, 11) is 3.42. The zero-order valence-corrected chi connectivity index (χ0v) is 21.5. The van der Waals surface area contributed by atoms with Crippen molar-refractivity contribution in [3.63, 3.8) is 0 Å². The normalized spacial score (nSPS) is 11.9. The third-order valence-corrected chi connectivity index (χ3v) is 5.62. The minimum atomic E-state index is -1.02. The number of pyridine rings is 1. The largest absolute Gasteiger partial charge is 0.493 e. The lowest BCUT2D eigenvalue weighted by molar-refractivity contribution is -0.124. The molecule has 1 amide bonds. The van der Waals surface area contributed by atoms with Gasteiger partial charge in [-0.2, -0.15) is 4.98 Å². The van der Waals surface area contributed by atoms with Gasteiger partial charge in [0.2, 0.25) is 11.7 Å². The summed E-state index contributed by atoms with van der Waals surface area (Å²) in [5, 5.41) is 25.4. The Morgan fingerprint density at radius 1 is 1.22 bits per heavy atom. The third-order valence-electron chi connectivity index (χ3n) is 5.33. The van der Waals surface area contributed by atoms with E-state index in [1.807, 2.05) is 26.1 Å². The Morgan fingerprint density at radius 3 is 2.64 bits per heavy atom. The molecule has 1 atom stereocenters. The highest BCUT2D eigenvalue weighted by molar-refractivity contribution is 6.32. The van der Waals surface area contributed by atoms with E-state index in [0.717, 1.165) is 17.1 Å². The van der Waals surface area contributed by atoms with Crippen LogP contribution >= 0.6 is 11.6 Å². The van der Waals surface area contributed by atoms with Crippen LogP contribution in [-0.4, -0.2) is 77.3 Å². The molecule has 0 bridgehead atoms. The number of hydrogen-bond acceptors (Lipinski definition) is 10. The molecular formula is C24H30ClN5O6. The summed E-state index contributed by atoms with van der Waals surface area (Å²) in [5.74, 6) is 1.35. The van der Waals surface area contributed by atoms with Crippen LogP contribution in [0.1, 0.15) is 19.5 Å². The van der Waals surface area contributed by atoms with Gasteiger partial charge in [-0.15, -0.1) is 0 Å². The number of aromatic nitrogens is 3. The summed E-state index contributed by atoms with van der Waals surface area (Å²) >= 11 is 6.44. The van der Waals surface area contributed by atoms with E-state index < -0.39 is 18.6 Å². The van der Waals surface area contributed by atoms with Crippen LogP contribution in [-0.2, 0) is 4.79 Å². The molecule has 3 rings (SSSR count). The highest BCUT2D eigenvalue weighted by Crippen LogP contribution is 2.39. The molecule has 11 nitrogen and oxygen atoms in total. The first-order valence-corrected chi connectivity index (χ1v) is 11.6. The summed E-state index contributed by atoms with van der Waals surface area (Å²) < 4.78 is 16.6. The molecule has 2 heterocycles. The maximum absolute atomic E-state index is 11.1. The van der Waals surface area contributed by atoms with E-state index in [9.17, 15) is 9.90 Å². The Balaban J connectivity index is 1.81. The number of carbonyl (C=O) groups is 1. The fourth-order valence-electron chi connectivity index (χ4n) is 3.19. The lowest BCUT2D eigenvalue weighted by atomic mass is 10.1. The van der Waals surface area contributed by atoms with Crippen LogP contribution in [0.5, 0.6) is 11.5 Å². The van der Waals surface area contributed by atoms with Crippen molar-refractivity contribution in [2.75, 3.05) is 38.8 Å². The van der Waals surface area contributed by atoms with Gasteiger partial charge in [0.1, 0.15) is 25.1 Å². The van der Waals surface area contributed by atoms with Gasteiger partial charge in [-0.3, -0.25) is 4.79 Å². The number of aliphatic hydroxyl groups is 2. The van der Waals surface area contributed by atoms with Gasteiger partial charge in [0.05, 0.1) is 12.1 Å². The molecule has 3 aromatic rings. The van der Waals surface area contributed by atoms with E-state index in [0.29, 0.717) is 23.0 Å². The number of aryl methyl sites for hydroxylation is 1. The molecule has 194 valence electrons. The van der Waals surface area contributed by atoms with Gasteiger partial charge in [0.25, 0.3) is 5.89 Å². The van der Waals surface area contributed by atoms with Crippen LogP contribution in [0.4, 0.5) is 5.82 Å². The lowest BCUT2D eigenvalue weighted by Crippen LogP contribution is -2.36. The van der Waals surface area contributed by atoms with E-state index in [1.165, 1.54) is 7.11 Å². The number of anilines is 1. The van der Waals surface area contributed by atoms with E-state index in [4.69, 9.17) is 30.7 Å². The molecule has 2 aromatic heterocycles. The summed E-state index contributed by atoms with van der Waals surface area (Å²) in [5.41, 5.74) is 2.10. The molecule has 0 spiro atoms. The molecule has 0 aliphatic heterocycles. The summed E-state index contributed by atoms with van der Waals surface area (Å²) in [4.78, 5) is 22.3. The number of nitrogens with zero attached hydrogens (tertiary/aromatic N) is 4. The Bertz CT molecular complexity index is 1200. The minimum absolute atomic E-state index is 0.0911. The van der Waals surface area contributed by atoms with Crippen LogP contribution in [0.3, 0.4) is 0 Å². The van der Waals surface area contributed by atoms with Crippen LogP contribution in [0.2, 0.25) is 5.02 Å². The van der Waals surface area contributed by atoms with Crippen molar-refractivity contribution in [3.8, 4) is 34.3 Å². The molecule has 1 aromatic carbocycles. The number of ether oxygens (including phenoxy) is 2. The van der Waals surface area contributed by atoms with Gasteiger partial charge in [-0.05, 0) is 45.0 Å². The van der Waals surface area contributed by atoms with Gasteiger partial charge in [0.15, 0.2) is 11.5 Å². The number of nitrogens with one attached hydrogen (secondary N) is 1. The van der Waals surface area contributed by atoms with Gasteiger partial charge in [-0.25, -0.2) is 4.98 Å². The van der Waals surface area contributed by atoms with Crippen molar-refractivity contribution in [2.24, 2.45) is 0 Å². The van der Waals surface area contributed by atoms with Gasteiger partial charge in [0, 0.05) is 36.5 Å². The summed E-state index contributed by atoms with van der Waals surface area (Å²) in [6.45, 7) is 5.14. The fourth-order valence-corrected chi connectivity index (χ4v) is 3.46. The van der Waals surface area contributed by atoms with Crippen LogP contribution in [0.25, 0.3) is 22.8 Å². The predicted molar refractivity (Wildman–Crippen MR) is 134 cm³/mol. The zero-order valence-electron chi connectivity index (χ0n) is 20.8. The second-order valence-electron chi connectivity index (χ2n) is 8.40. The van der Waals surface area contributed by atoms with Crippen molar-refractivity contribution in [3.05, 3.63) is 35.0 Å². The van der Waals surface area contributed by atoms with Crippen LogP contribution in [0.15, 0.2) is 28.8 Å². The van der Waals surface area contributed by atoms with Crippen LogP contribution < -0.4 is 19.7 Å².